The van der Waals surface area contributed by atoms with Crippen molar-refractivity contribution in [3.05, 3.63) is 52.2 Å². The Morgan fingerprint density at radius 3 is 2.67 bits per heavy atom. The number of rotatable bonds is 7. The Hall–Kier alpha value is -2.18. The van der Waals surface area contributed by atoms with Gasteiger partial charge in [0.25, 0.3) is 5.91 Å². The van der Waals surface area contributed by atoms with E-state index in [1.165, 1.54) is 4.88 Å². The molecular formula is C21H27N3O2S. The fourth-order valence-electron chi connectivity index (χ4n) is 3.37. The molecule has 0 atom stereocenters. The molecule has 1 aromatic carbocycles. The van der Waals surface area contributed by atoms with Gasteiger partial charge in [-0.3, -0.25) is 9.59 Å². The highest BCUT2D eigenvalue weighted by Crippen LogP contribution is 2.18. The molecule has 0 unspecified atom stereocenters. The number of thiophene rings is 1. The molecule has 0 radical (unpaired) electrons. The summed E-state index contributed by atoms with van der Waals surface area (Å²) < 4.78 is 0. The predicted octanol–water partition coefficient (Wildman–Crippen LogP) is 3.71. The van der Waals surface area contributed by atoms with Gasteiger partial charge in [-0.1, -0.05) is 12.1 Å². The smallest absolute Gasteiger partial charge is 0.251 e. The second-order valence-electron chi connectivity index (χ2n) is 7.15. The maximum absolute atomic E-state index is 12.5. The lowest BCUT2D eigenvalue weighted by Gasteiger charge is -2.26. The second-order valence-corrected chi connectivity index (χ2v) is 8.18. The molecule has 1 saturated carbocycles. The van der Waals surface area contributed by atoms with Crippen molar-refractivity contribution in [1.82, 2.24) is 5.32 Å². The lowest BCUT2D eigenvalue weighted by molar-refractivity contribution is -0.116. The van der Waals surface area contributed by atoms with Gasteiger partial charge in [-0.25, -0.2) is 0 Å². The maximum atomic E-state index is 12.5. The van der Waals surface area contributed by atoms with Crippen molar-refractivity contribution in [1.29, 1.82) is 0 Å². The first-order valence-corrected chi connectivity index (χ1v) is 10.5. The Bertz CT molecular complexity index is 753. The minimum atomic E-state index is -0.0933. The zero-order valence-electron chi connectivity index (χ0n) is 15.4. The van der Waals surface area contributed by atoms with Crippen LogP contribution >= 0.6 is 11.3 Å². The van der Waals surface area contributed by atoms with Gasteiger partial charge in [0.2, 0.25) is 5.91 Å². The van der Waals surface area contributed by atoms with E-state index in [1.54, 1.807) is 29.5 Å². The number of nitrogens with one attached hydrogen (secondary N) is 2. The van der Waals surface area contributed by atoms with Crippen LogP contribution in [0.15, 0.2) is 41.8 Å². The van der Waals surface area contributed by atoms with E-state index in [2.05, 4.69) is 16.7 Å². The molecule has 27 heavy (non-hydrogen) atoms. The molecule has 1 fully saturated rings. The average Bonchev–Trinajstić information content (AvgIpc) is 3.17. The van der Waals surface area contributed by atoms with E-state index in [1.807, 2.05) is 17.5 Å². The summed E-state index contributed by atoms with van der Waals surface area (Å²) in [4.78, 5) is 25.9. The highest BCUT2D eigenvalue weighted by Gasteiger charge is 2.20. The van der Waals surface area contributed by atoms with Gasteiger partial charge in [-0.2, -0.15) is 0 Å². The van der Waals surface area contributed by atoms with Crippen LogP contribution in [-0.4, -0.2) is 23.9 Å². The minimum Gasteiger partial charge on any atom is -0.349 e. The summed E-state index contributed by atoms with van der Waals surface area (Å²) in [5.41, 5.74) is 7.15. The zero-order chi connectivity index (χ0) is 19.1. The standard InChI is InChI=1S/C21H27N3O2S/c22-16-9-11-17(12-10-16)24-21(26)15-4-1-5-18(14-15)23-20(25)8-2-6-19-7-3-13-27-19/h1,3-5,7,13-14,16-17H,2,6,8-12,22H2,(H,23,25)(H,24,26). The Morgan fingerprint density at radius 1 is 1.11 bits per heavy atom. The van der Waals surface area contributed by atoms with Crippen LogP contribution in [0.4, 0.5) is 5.69 Å². The molecule has 0 bridgehead atoms. The van der Waals surface area contributed by atoms with Crippen LogP contribution in [0.5, 0.6) is 0 Å². The molecule has 1 heterocycles. The van der Waals surface area contributed by atoms with Gasteiger partial charge in [-0.05, 0) is 68.2 Å². The maximum Gasteiger partial charge on any atom is 0.251 e. The van der Waals surface area contributed by atoms with Crippen molar-refractivity contribution in [2.24, 2.45) is 5.73 Å². The van der Waals surface area contributed by atoms with Crippen LogP contribution in [-0.2, 0) is 11.2 Å². The highest BCUT2D eigenvalue weighted by atomic mass is 32.1. The van der Waals surface area contributed by atoms with Crippen molar-refractivity contribution in [2.75, 3.05) is 5.32 Å². The molecule has 1 aliphatic carbocycles. The minimum absolute atomic E-state index is 0.0228. The number of carbonyl (C=O) groups excluding carboxylic acids is 2. The Balaban J connectivity index is 1.47. The molecule has 2 amide bonds. The number of anilines is 1. The summed E-state index contributed by atoms with van der Waals surface area (Å²) in [5.74, 6) is -0.116. The summed E-state index contributed by atoms with van der Waals surface area (Å²) >= 11 is 1.71. The van der Waals surface area contributed by atoms with E-state index < -0.39 is 0 Å². The molecule has 0 saturated heterocycles. The van der Waals surface area contributed by atoms with Gasteiger partial charge in [0.05, 0.1) is 0 Å². The van der Waals surface area contributed by atoms with E-state index in [0.29, 0.717) is 17.7 Å². The number of hydrogen-bond donors (Lipinski definition) is 3. The number of hydrogen-bond acceptors (Lipinski definition) is 4. The van der Waals surface area contributed by atoms with Crippen molar-refractivity contribution < 1.29 is 9.59 Å². The third kappa shape index (κ3) is 6.19. The van der Waals surface area contributed by atoms with E-state index in [-0.39, 0.29) is 23.9 Å². The Labute approximate surface area is 164 Å². The molecule has 1 aliphatic rings. The van der Waals surface area contributed by atoms with Crippen molar-refractivity contribution in [3.8, 4) is 0 Å². The number of benzene rings is 1. The largest absolute Gasteiger partial charge is 0.349 e. The van der Waals surface area contributed by atoms with Gasteiger partial charge in [-0.15, -0.1) is 11.3 Å². The molecule has 4 N–H and O–H groups in total. The van der Waals surface area contributed by atoms with Gasteiger partial charge < -0.3 is 16.4 Å². The summed E-state index contributed by atoms with van der Waals surface area (Å²) in [7, 11) is 0. The molecule has 144 valence electrons. The van der Waals surface area contributed by atoms with Crippen LogP contribution < -0.4 is 16.4 Å². The summed E-state index contributed by atoms with van der Waals surface area (Å²) in [5, 5.41) is 8.02. The van der Waals surface area contributed by atoms with Crippen molar-refractivity contribution >= 4 is 28.8 Å². The number of aryl methyl sites for hydroxylation is 1. The van der Waals surface area contributed by atoms with Crippen LogP contribution in [0.2, 0.25) is 0 Å². The highest BCUT2D eigenvalue weighted by molar-refractivity contribution is 7.09. The Kier molecular flexibility index (Phi) is 7.01. The molecule has 1 aromatic heterocycles. The third-order valence-corrected chi connectivity index (χ3v) is 5.86. The third-order valence-electron chi connectivity index (χ3n) is 4.92. The predicted molar refractivity (Wildman–Crippen MR) is 110 cm³/mol. The second kappa shape index (κ2) is 9.67. The summed E-state index contributed by atoms with van der Waals surface area (Å²) in [6, 6.07) is 11.7. The SMILES string of the molecule is NC1CCC(NC(=O)c2cccc(NC(=O)CCCc3cccs3)c2)CC1. The van der Waals surface area contributed by atoms with Crippen LogP contribution in [0.3, 0.4) is 0 Å². The van der Waals surface area contributed by atoms with Crippen molar-refractivity contribution in [2.45, 2.75) is 57.0 Å². The van der Waals surface area contributed by atoms with Gasteiger partial charge >= 0.3 is 0 Å². The lowest BCUT2D eigenvalue weighted by Crippen LogP contribution is -2.40. The van der Waals surface area contributed by atoms with E-state index in [4.69, 9.17) is 5.73 Å². The number of amides is 2. The molecule has 5 nitrogen and oxygen atoms in total. The van der Waals surface area contributed by atoms with Crippen LogP contribution in [0, 0.1) is 0 Å². The summed E-state index contributed by atoms with van der Waals surface area (Å²) in [6.45, 7) is 0. The zero-order valence-corrected chi connectivity index (χ0v) is 16.3. The number of nitrogens with two attached hydrogens (primary N) is 1. The van der Waals surface area contributed by atoms with Crippen LogP contribution in [0.25, 0.3) is 0 Å². The molecule has 2 aromatic rings. The quantitative estimate of drug-likeness (QED) is 0.679. The topological polar surface area (TPSA) is 84.2 Å². The normalized spacial score (nSPS) is 19.4. The first-order chi connectivity index (χ1) is 13.1. The molecule has 6 heteroatoms. The summed E-state index contributed by atoms with van der Waals surface area (Å²) in [6.07, 6.45) is 5.95. The first-order valence-electron chi connectivity index (χ1n) is 9.59. The monoisotopic (exact) mass is 385 g/mol. The van der Waals surface area contributed by atoms with Gasteiger partial charge in [0, 0.05) is 34.6 Å². The van der Waals surface area contributed by atoms with E-state index >= 15 is 0 Å². The van der Waals surface area contributed by atoms with Gasteiger partial charge in [0.1, 0.15) is 0 Å². The van der Waals surface area contributed by atoms with E-state index in [9.17, 15) is 9.59 Å². The van der Waals surface area contributed by atoms with E-state index in [0.717, 1.165) is 38.5 Å². The fourth-order valence-corrected chi connectivity index (χ4v) is 4.12. The lowest BCUT2D eigenvalue weighted by atomic mass is 9.91. The van der Waals surface area contributed by atoms with Crippen LogP contribution in [0.1, 0.15) is 53.8 Å². The van der Waals surface area contributed by atoms with Gasteiger partial charge in [0.15, 0.2) is 0 Å². The average molecular weight is 386 g/mol. The fraction of sp³-hybridized carbons (Fsp3) is 0.429. The Morgan fingerprint density at radius 2 is 1.93 bits per heavy atom. The molecular weight excluding hydrogens is 358 g/mol. The molecule has 0 aliphatic heterocycles. The first kappa shape index (κ1) is 19.6. The van der Waals surface area contributed by atoms with Crippen molar-refractivity contribution in [3.63, 3.8) is 0 Å². The number of carbonyl (C=O) groups is 2. The molecule has 3 rings (SSSR count). The molecule has 0 spiro atoms.